The zero-order valence-corrected chi connectivity index (χ0v) is 14.5. The van der Waals surface area contributed by atoms with Crippen molar-refractivity contribution in [1.82, 2.24) is 0 Å². The summed E-state index contributed by atoms with van der Waals surface area (Å²) in [5.74, 6) is -0.116. The Morgan fingerprint density at radius 3 is 2.38 bits per heavy atom. The zero-order chi connectivity index (χ0) is 17.1. The maximum absolute atomic E-state index is 14.7. The molecule has 0 saturated carbocycles. The number of pyridine rings is 1. The van der Waals surface area contributed by atoms with Crippen LogP contribution in [0.1, 0.15) is 30.5 Å². The molecule has 24 heavy (non-hydrogen) atoms. The summed E-state index contributed by atoms with van der Waals surface area (Å²) >= 11 is 0. The normalized spacial score (nSPS) is 14.4. The highest BCUT2D eigenvalue weighted by atomic mass is 19.1. The SMILES string of the molecule is Cc1ccc2c(c1-c1cccc[n+]1C)C(C)(C)c1c(F)cccc1-2. The first-order chi connectivity index (χ1) is 11.4. The molecule has 1 aliphatic rings. The van der Waals surface area contributed by atoms with E-state index >= 15 is 0 Å². The molecule has 0 radical (unpaired) electrons. The van der Waals surface area contributed by atoms with Crippen LogP contribution in [-0.4, -0.2) is 0 Å². The van der Waals surface area contributed by atoms with E-state index in [9.17, 15) is 4.39 Å². The minimum atomic E-state index is -0.361. The lowest BCUT2D eigenvalue weighted by atomic mass is 9.78. The van der Waals surface area contributed by atoms with E-state index in [2.05, 4.69) is 62.8 Å². The number of nitrogens with zero attached hydrogens (tertiary/aromatic N) is 1. The quantitative estimate of drug-likeness (QED) is 0.560. The van der Waals surface area contributed by atoms with Gasteiger partial charge in [0.2, 0.25) is 5.69 Å². The summed E-state index contributed by atoms with van der Waals surface area (Å²) < 4.78 is 16.8. The summed E-state index contributed by atoms with van der Waals surface area (Å²) in [6, 6.07) is 15.9. The minimum Gasteiger partial charge on any atom is -0.207 e. The predicted octanol–water partition coefficient (Wildman–Crippen LogP) is 4.93. The molecule has 0 saturated heterocycles. The van der Waals surface area contributed by atoms with Crippen molar-refractivity contribution < 1.29 is 8.96 Å². The molecule has 0 spiro atoms. The number of fused-ring (bicyclic) bond motifs is 3. The van der Waals surface area contributed by atoms with Gasteiger partial charge in [-0.05, 0) is 41.3 Å². The monoisotopic (exact) mass is 318 g/mol. The Hall–Kier alpha value is -2.48. The van der Waals surface area contributed by atoms with Crippen LogP contribution in [0.25, 0.3) is 22.4 Å². The molecule has 1 aromatic heterocycles. The molecule has 0 amide bonds. The van der Waals surface area contributed by atoms with Gasteiger partial charge in [-0.1, -0.05) is 38.1 Å². The third-order valence-electron chi connectivity index (χ3n) is 5.28. The molecule has 4 rings (SSSR count). The third-order valence-corrected chi connectivity index (χ3v) is 5.28. The molecule has 1 aliphatic carbocycles. The van der Waals surface area contributed by atoms with Crippen LogP contribution in [0.3, 0.4) is 0 Å². The lowest BCUT2D eigenvalue weighted by molar-refractivity contribution is -0.660. The smallest absolute Gasteiger partial charge is 0.207 e. The van der Waals surface area contributed by atoms with E-state index < -0.39 is 0 Å². The Kier molecular flexibility index (Phi) is 3.14. The van der Waals surface area contributed by atoms with Crippen molar-refractivity contribution in [3.63, 3.8) is 0 Å². The number of rotatable bonds is 1. The number of hydrogen-bond donors (Lipinski definition) is 0. The van der Waals surface area contributed by atoms with Gasteiger partial charge in [-0.15, -0.1) is 0 Å². The fraction of sp³-hybridized carbons (Fsp3) is 0.227. The van der Waals surface area contributed by atoms with Gasteiger partial charge in [-0.2, -0.15) is 0 Å². The van der Waals surface area contributed by atoms with Crippen molar-refractivity contribution in [3.8, 4) is 22.4 Å². The highest BCUT2D eigenvalue weighted by Gasteiger charge is 2.41. The largest absolute Gasteiger partial charge is 0.212 e. The molecular formula is C22H21FN+. The Bertz CT molecular complexity index is 970. The number of aromatic nitrogens is 1. The van der Waals surface area contributed by atoms with Gasteiger partial charge in [0.25, 0.3) is 0 Å². The van der Waals surface area contributed by atoms with E-state index in [0.717, 1.165) is 22.4 Å². The summed E-state index contributed by atoms with van der Waals surface area (Å²) in [6.07, 6.45) is 2.06. The zero-order valence-electron chi connectivity index (χ0n) is 14.5. The van der Waals surface area contributed by atoms with E-state index in [-0.39, 0.29) is 11.2 Å². The average Bonchev–Trinajstić information content (AvgIpc) is 2.78. The van der Waals surface area contributed by atoms with Crippen molar-refractivity contribution >= 4 is 0 Å². The van der Waals surface area contributed by atoms with Crippen LogP contribution in [0, 0.1) is 12.7 Å². The molecule has 0 aliphatic heterocycles. The van der Waals surface area contributed by atoms with Crippen molar-refractivity contribution in [1.29, 1.82) is 0 Å². The molecule has 2 heteroatoms. The second-order valence-electron chi connectivity index (χ2n) is 7.16. The van der Waals surface area contributed by atoms with E-state index in [1.54, 1.807) is 12.1 Å². The fourth-order valence-electron chi connectivity index (χ4n) is 4.20. The molecule has 120 valence electrons. The molecule has 0 N–H and O–H groups in total. The molecule has 3 aromatic rings. The maximum atomic E-state index is 14.7. The van der Waals surface area contributed by atoms with Crippen molar-refractivity contribution in [3.05, 3.63) is 77.2 Å². The van der Waals surface area contributed by atoms with Gasteiger partial charge in [-0.3, -0.25) is 0 Å². The summed E-state index contributed by atoms with van der Waals surface area (Å²) in [7, 11) is 2.06. The molecule has 0 unspecified atom stereocenters. The minimum absolute atomic E-state index is 0.116. The highest BCUT2D eigenvalue weighted by Crippen LogP contribution is 2.53. The van der Waals surface area contributed by atoms with E-state index in [0.29, 0.717) is 0 Å². The number of benzene rings is 2. The topological polar surface area (TPSA) is 3.88 Å². The van der Waals surface area contributed by atoms with Crippen LogP contribution in [0.2, 0.25) is 0 Å². The summed E-state index contributed by atoms with van der Waals surface area (Å²) in [5, 5.41) is 0. The van der Waals surface area contributed by atoms with Crippen molar-refractivity contribution in [2.24, 2.45) is 7.05 Å². The van der Waals surface area contributed by atoms with Crippen LogP contribution >= 0.6 is 0 Å². The van der Waals surface area contributed by atoms with Crippen LogP contribution in [0.4, 0.5) is 4.39 Å². The lowest BCUT2D eigenvalue weighted by Crippen LogP contribution is -2.31. The van der Waals surface area contributed by atoms with Crippen molar-refractivity contribution in [2.75, 3.05) is 0 Å². The summed E-state index contributed by atoms with van der Waals surface area (Å²) in [6.45, 7) is 6.40. The summed E-state index contributed by atoms with van der Waals surface area (Å²) in [4.78, 5) is 0. The highest BCUT2D eigenvalue weighted by molar-refractivity contribution is 5.88. The predicted molar refractivity (Wildman–Crippen MR) is 95.3 cm³/mol. The Morgan fingerprint density at radius 1 is 0.875 bits per heavy atom. The second-order valence-corrected chi connectivity index (χ2v) is 7.16. The van der Waals surface area contributed by atoms with Gasteiger partial charge in [0, 0.05) is 23.1 Å². The summed E-state index contributed by atoms with van der Waals surface area (Å²) in [5.41, 5.74) is 7.45. The molecule has 0 bridgehead atoms. The average molecular weight is 318 g/mol. The second kappa shape index (κ2) is 5.01. The van der Waals surface area contributed by atoms with Crippen LogP contribution < -0.4 is 4.57 Å². The first-order valence-corrected chi connectivity index (χ1v) is 8.31. The van der Waals surface area contributed by atoms with Gasteiger partial charge in [0.05, 0.1) is 5.56 Å². The Balaban J connectivity index is 2.13. The van der Waals surface area contributed by atoms with Crippen LogP contribution in [0.5, 0.6) is 0 Å². The maximum Gasteiger partial charge on any atom is 0.212 e. The van der Waals surface area contributed by atoms with E-state index in [4.69, 9.17) is 0 Å². The molecule has 0 fully saturated rings. The Morgan fingerprint density at radius 2 is 1.62 bits per heavy atom. The molecule has 1 nitrogen and oxygen atoms in total. The van der Waals surface area contributed by atoms with Crippen LogP contribution in [-0.2, 0) is 12.5 Å². The number of halogens is 1. The number of aryl methyl sites for hydroxylation is 2. The van der Waals surface area contributed by atoms with Gasteiger partial charge < -0.3 is 0 Å². The van der Waals surface area contributed by atoms with E-state index in [1.807, 2.05) is 12.1 Å². The van der Waals surface area contributed by atoms with Gasteiger partial charge in [0.15, 0.2) is 6.20 Å². The first kappa shape index (κ1) is 15.1. The number of hydrogen-bond acceptors (Lipinski definition) is 0. The molecular weight excluding hydrogens is 297 g/mol. The first-order valence-electron chi connectivity index (χ1n) is 8.31. The Labute approximate surface area is 142 Å². The van der Waals surface area contributed by atoms with E-state index in [1.165, 1.54) is 16.7 Å². The standard InChI is InChI=1S/C22H21FN/c1-14-11-12-16-15-8-7-9-17(23)20(15)22(2,3)21(16)19(14)18-10-5-6-13-24(18)4/h5-13H,1-4H3/q+1. The van der Waals surface area contributed by atoms with Gasteiger partial charge >= 0.3 is 0 Å². The van der Waals surface area contributed by atoms with Crippen LogP contribution in [0.15, 0.2) is 54.7 Å². The fourth-order valence-corrected chi connectivity index (χ4v) is 4.20. The van der Waals surface area contributed by atoms with Gasteiger partial charge in [-0.25, -0.2) is 8.96 Å². The molecule has 1 heterocycles. The molecule has 2 aromatic carbocycles. The lowest BCUT2D eigenvalue weighted by Gasteiger charge is -2.24. The van der Waals surface area contributed by atoms with Gasteiger partial charge in [0.1, 0.15) is 12.9 Å². The third kappa shape index (κ3) is 1.89. The molecule has 0 atom stereocenters. The van der Waals surface area contributed by atoms with Crippen molar-refractivity contribution in [2.45, 2.75) is 26.2 Å².